The fraction of sp³-hybridized carbons (Fsp3) is 0.312. The van der Waals surface area contributed by atoms with Crippen molar-refractivity contribution in [3.8, 4) is 0 Å². The number of imidazole rings is 1. The fourth-order valence-electron chi connectivity index (χ4n) is 2.08. The van der Waals surface area contributed by atoms with E-state index in [1.807, 2.05) is 37.3 Å². The molecule has 0 radical (unpaired) electrons. The summed E-state index contributed by atoms with van der Waals surface area (Å²) < 4.78 is 15.8. The average Bonchev–Trinajstić information content (AvgIpc) is 3.04. The predicted molar refractivity (Wildman–Crippen MR) is 80.8 cm³/mol. The van der Waals surface area contributed by atoms with Gasteiger partial charge in [-0.25, -0.2) is 14.6 Å². The number of methoxy groups -OCH3 is 1. The van der Waals surface area contributed by atoms with Gasteiger partial charge < -0.3 is 18.8 Å². The minimum absolute atomic E-state index is 0.0990. The smallest absolute Gasteiger partial charge is 0.438 e. The van der Waals surface area contributed by atoms with Gasteiger partial charge in [0.05, 0.1) is 25.7 Å². The molecule has 1 aromatic carbocycles. The Morgan fingerprint density at radius 2 is 1.83 bits per heavy atom. The summed E-state index contributed by atoms with van der Waals surface area (Å²) >= 11 is 0. The molecular weight excluding hydrogens is 300 g/mol. The van der Waals surface area contributed by atoms with E-state index in [-0.39, 0.29) is 11.7 Å². The number of ether oxygens (including phenoxy) is 3. The molecule has 0 N–H and O–H groups in total. The molecule has 7 nitrogen and oxygen atoms in total. The summed E-state index contributed by atoms with van der Waals surface area (Å²) in [6.07, 6.45) is 0.981. The van der Waals surface area contributed by atoms with E-state index in [2.05, 4.69) is 9.72 Å². The van der Waals surface area contributed by atoms with E-state index in [9.17, 15) is 9.59 Å². The predicted octanol–water partition coefficient (Wildman–Crippen LogP) is 2.78. The number of benzene rings is 1. The zero-order valence-electron chi connectivity index (χ0n) is 13.1. The van der Waals surface area contributed by atoms with E-state index in [0.29, 0.717) is 0 Å². The lowest BCUT2D eigenvalue weighted by Crippen LogP contribution is -2.24. The summed E-state index contributed by atoms with van der Waals surface area (Å²) in [5.41, 5.74) is 1.29. The van der Waals surface area contributed by atoms with Gasteiger partial charge in [0.25, 0.3) is 0 Å². The van der Waals surface area contributed by atoms with E-state index in [4.69, 9.17) is 9.47 Å². The number of aromatic nitrogens is 2. The van der Waals surface area contributed by atoms with Crippen LogP contribution in [-0.4, -0.2) is 35.1 Å². The topological polar surface area (TPSA) is 79.7 Å². The highest BCUT2D eigenvalue weighted by Gasteiger charge is 2.21. The SMILES string of the molecule is COC(=O)OC(C)OC(=O)c1cncn1[C@H](C)c1ccccc1. The zero-order chi connectivity index (χ0) is 16.8. The number of carbonyl (C=O) groups excluding carboxylic acids is 2. The maximum atomic E-state index is 12.2. The van der Waals surface area contributed by atoms with Crippen LogP contribution >= 0.6 is 0 Å². The Balaban J connectivity index is 2.11. The number of hydrogen-bond acceptors (Lipinski definition) is 6. The molecule has 2 aromatic rings. The van der Waals surface area contributed by atoms with Gasteiger partial charge in [-0.1, -0.05) is 30.3 Å². The Labute approximate surface area is 133 Å². The van der Waals surface area contributed by atoms with Crippen LogP contribution in [0.4, 0.5) is 4.79 Å². The minimum Gasteiger partial charge on any atom is -0.438 e. The first-order valence-electron chi connectivity index (χ1n) is 7.05. The monoisotopic (exact) mass is 318 g/mol. The van der Waals surface area contributed by atoms with Crippen molar-refractivity contribution in [2.45, 2.75) is 26.2 Å². The summed E-state index contributed by atoms with van der Waals surface area (Å²) in [5.74, 6) is -0.637. The van der Waals surface area contributed by atoms with Crippen molar-refractivity contribution < 1.29 is 23.8 Å². The van der Waals surface area contributed by atoms with Crippen LogP contribution in [-0.2, 0) is 14.2 Å². The van der Waals surface area contributed by atoms with Gasteiger partial charge in [-0.05, 0) is 12.5 Å². The molecule has 0 spiro atoms. The molecule has 0 amide bonds. The van der Waals surface area contributed by atoms with E-state index >= 15 is 0 Å². The summed E-state index contributed by atoms with van der Waals surface area (Å²) in [4.78, 5) is 27.2. The number of hydrogen-bond donors (Lipinski definition) is 0. The first-order chi connectivity index (χ1) is 11.0. The molecule has 0 saturated carbocycles. The summed E-state index contributed by atoms with van der Waals surface area (Å²) in [7, 11) is 1.17. The molecule has 122 valence electrons. The average molecular weight is 318 g/mol. The molecule has 1 heterocycles. The van der Waals surface area contributed by atoms with Crippen LogP contribution < -0.4 is 0 Å². The fourth-order valence-corrected chi connectivity index (χ4v) is 2.08. The van der Waals surface area contributed by atoms with Crippen LogP contribution in [0.5, 0.6) is 0 Å². The molecule has 2 atom stereocenters. The van der Waals surface area contributed by atoms with Crippen molar-refractivity contribution in [2.75, 3.05) is 7.11 Å². The second kappa shape index (κ2) is 7.44. The van der Waals surface area contributed by atoms with Crippen LogP contribution in [0.2, 0.25) is 0 Å². The molecular formula is C16H18N2O5. The lowest BCUT2D eigenvalue weighted by Gasteiger charge is -2.18. The highest BCUT2D eigenvalue weighted by atomic mass is 16.8. The molecule has 0 aliphatic carbocycles. The lowest BCUT2D eigenvalue weighted by atomic mass is 10.1. The first kappa shape index (κ1) is 16.5. The van der Waals surface area contributed by atoms with Gasteiger partial charge in [-0.15, -0.1) is 0 Å². The Bertz CT molecular complexity index is 668. The first-order valence-corrected chi connectivity index (χ1v) is 7.05. The van der Waals surface area contributed by atoms with Crippen LogP contribution in [0.15, 0.2) is 42.9 Å². The largest absolute Gasteiger partial charge is 0.511 e. The minimum atomic E-state index is -1.06. The molecule has 1 unspecified atom stereocenters. The Kier molecular flexibility index (Phi) is 5.35. The molecule has 7 heteroatoms. The number of rotatable bonds is 5. The standard InChI is InChI=1S/C16H18N2O5/c1-11(13-7-5-4-6-8-13)18-10-17-9-14(18)15(19)22-12(2)23-16(20)21-3/h4-12H,1-3H3/t11-,12?/m1/s1. The van der Waals surface area contributed by atoms with Crippen LogP contribution in [0.3, 0.4) is 0 Å². The van der Waals surface area contributed by atoms with Crippen LogP contribution in [0.25, 0.3) is 0 Å². The Morgan fingerprint density at radius 3 is 2.48 bits per heavy atom. The second-order valence-corrected chi connectivity index (χ2v) is 4.82. The summed E-state index contributed by atoms with van der Waals surface area (Å²) in [6.45, 7) is 3.37. The number of esters is 1. The van der Waals surface area contributed by atoms with Gasteiger partial charge in [0.15, 0.2) is 0 Å². The summed E-state index contributed by atoms with van der Waals surface area (Å²) in [5, 5.41) is 0. The molecule has 0 aliphatic heterocycles. The molecule has 0 aliphatic rings. The van der Waals surface area contributed by atoms with Crippen molar-refractivity contribution in [1.29, 1.82) is 0 Å². The van der Waals surface area contributed by atoms with Gasteiger partial charge in [-0.3, -0.25) is 0 Å². The molecule has 0 fully saturated rings. The van der Waals surface area contributed by atoms with Gasteiger partial charge >= 0.3 is 12.1 Å². The molecule has 0 saturated heterocycles. The molecule has 2 rings (SSSR count). The number of nitrogens with zero attached hydrogens (tertiary/aromatic N) is 2. The zero-order valence-corrected chi connectivity index (χ0v) is 13.1. The molecule has 0 bridgehead atoms. The second-order valence-electron chi connectivity index (χ2n) is 4.82. The van der Waals surface area contributed by atoms with Crippen molar-refractivity contribution >= 4 is 12.1 Å². The highest BCUT2D eigenvalue weighted by molar-refractivity contribution is 5.87. The summed E-state index contributed by atoms with van der Waals surface area (Å²) in [6, 6.07) is 9.59. The highest BCUT2D eigenvalue weighted by Crippen LogP contribution is 2.20. The van der Waals surface area contributed by atoms with Crippen molar-refractivity contribution in [3.63, 3.8) is 0 Å². The van der Waals surface area contributed by atoms with E-state index < -0.39 is 18.4 Å². The maximum Gasteiger partial charge on any atom is 0.511 e. The third-order valence-corrected chi connectivity index (χ3v) is 3.28. The third-order valence-electron chi connectivity index (χ3n) is 3.28. The van der Waals surface area contributed by atoms with Gasteiger partial charge in [0.2, 0.25) is 6.29 Å². The van der Waals surface area contributed by atoms with Gasteiger partial charge in [0.1, 0.15) is 5.69 Å². The van der Waals surface area contributed by atoms with Crippen molar-refractivity contribution in [3.05, 3.63) is 54.1 Å². The van der Waals surface area contributed by atoms with Gasteiger partial charge in [-0.2, -0.15) is 0 Å². The van der Waals surface area contributed by atoms with E-state index in [0.717, 1.165) is 5.56 Å². The van der Waals surface area contributed by atoms with Crippen molar-refractivity contribution in [2.24, 2.45) is 0 Å². The quantitative estimate of drug-likeness (QED) is 0.623. The normalized spacial score (nSPS) is 13.0. The third kappa shape index (κ3) is 4.09. The number of carbonyl (C=O) groups is 2. The van der Waals surface area contributed by atoms with Crippen molar-refractivity contribution in [1.82, 2.24) is 9.55 Å². The Morgan fingerprint density at radius 1 is 1.13 bits per heavy atom. The molecule has 23 heavy (non-hydrogen) atoms. The molecule has 1 aromatic heterocycles. The van der Waals surface area contributed by atoms with E-state index in [1.54, 1.807) is 10.9 Å². The van der Waals surface area contributed by atoms with Crippen LogP contribution in [0, 0.1) is 0 Å². The van der Waals surface area contributed by atoms with E-state index in [1.165, 1.54) is 20.2 Å². The van der Waals surface area contributed by atoms with Gasteiger partial charge in [0, 0.05) is 6.92 Å². The Hall–Kier alpha value is -2.83. The maximum absolute atomic E-state index is 12.2. The van der Waals surface area contributed by atoms with Crippen LogP contribution in [0.1, 0.15) is 35.9 Å². The lowest BCUT2D eigenvalue weighted by molar-refractivity contribution is -0.0787.